The molecule has 12 aromatic rings. The molecule has 0 atom stereocenters. The zero-order chi connectivity index (χ0) is 40.3. The van der Waals surface area contributed by atoms with Gasteiger partial charge in [0.05, 0.1) is 5.69 Å². The molecule has 3 heteroatoms. The number of fused-ring (bicyclic) bond motifs is 7. The standard InChI is InChI=1S/C58H37NO2/c1-2-13-40(14-3-1)47-21-11-25-52-53-26-12-23-49(58(53)61-57(47)52)43-18-8-17-42(37-43)38-29-33-44(34-30-38)59(54-27-9-16-39-15-4-5-19-46(39)54)45-35-31-41(32-36-45)48-22-10-24-51-50-20-6-7-28-55(50)60-56(48)51/h1-37H. The van der Waals surface area contributed by atoms with Gasteiger partial charge in [-0.15, -0.1) is 0 Å². The molecule has 0 spiro atoms. The monoisotopic (exact) mass is 779 g/mol. The van der Waals surface area contributed by atoms with Crippen molar-refractivity contribution in [2.45, 2.75) is 0 Å². The lowest BCUT2D eigenvalue weighted by atomic mass is 9.97. The number of para-hydroxylation sites is 4. The summed E-state index contributed by atoms with van der Waals surface area (Å²) in [6.07, 6.45) is 0. The Morgan fingerprint density at radius 3 is 1.44 bits per heavy atom. The second kappa shape index (κ2) is 14.3. The Balaban J connectivity index is 0.923. The second-order valence-electron chi connectivity index (χ2n) is 15.6. The molecule has 0 aliphatic heterocycles. The minimum Gasteiger partial charge on any atom is -0.455 e. The van der Waals surface area contributed by atoms with Crippen LogP contribution in [0.4, 0.5) is 17.1 Å². The van der Waals surface area contributed by atoms with Crippen molar-refractivity contribution in [2.75, 3.05) is 4.90 Å². The van der Waals surface area contributed by atoms with Crippen molar-refractivity contribution in [1.29, 1.82) is 0 Å². The summed E-state index contributed by atoms with van der Waals surface area (Å²) >= 11 is 0. The summed E-state index contributed by atoms with van der Waals surface area (Å²) in [6, 6.07) is 79.8. The van der Waals surface area contributed by atoms with Gasteiger partial charge < -0.3 is 13.7 Å². The molecule has 2 aromatic heterocycles. The van der Waals surface area contributed by atoms with Gasteiger partial charge in [0.15, 0.2) is 0 Å². The fourth-order valence-corrected chi connectivity index (χ4v) is 9.16. The van der Waals surface area contributed by atoms with E-state index in [4.69, 9.17) is 8.83 Å². The van der Waals surface area contributed by atoms with Crippen LogP contribution < -0.4 is 4.90 Å². The van der Waals surface area contributed by atoms with E-state index in [0.29, 0.717) is 0 Å². The summed E-state index contributed by atoms with van der Waals surface area (Å²) in [7, 11) is 0. The molecule has 2 heterocycles. The lowest BCUT2D eigenvalue weighted by Gasteiger charge is -2.27. The summed E-state index contributed by atoms with van der Waals surface area (Å²) < 4.78 is 13.2. The molecule has 0 aliphatic carbocycles. The Bertz CT molecular complexity index is 3570. The van der Waals surface area contributed by atoms with Crippen molar-refractivity contribution in [1.82, 2.24) is 0 Å². The average molecular weight is 780 g/mol. The van der Waals surface area contributed by atoms with Crippen molar-refractivity contribution >= 4 is 71.7 Å². The summed E-state index contributed by atoms with van der Waals surface area (Å²) in [6.45, 7) is 0. The normalized spacial score (nSPS) is 11.6. The Kier molecular flexibility index (Phi) is 8.17. The topological polar surface area (TPSA) is 29.5 Å². The van der Waals surface area contributed by atoms with Crippen LogP contribution in [0, 0.1) is 0 Å². The zero-order valence-electron chi connectivity index (χ0n) is 33.1. The van der Waals surface area contributed by atoms with Crippen LogP contribution in [0.2, 0.25) is 0 Å². The first-order valence-corrected chi connectivity index (χ1v) is 20.7. The first-order chi connectivity index (χ1) is 30.2. The van der Waals surface area contributed by atoms with Gasteiger partial charge >= 0.3 is 0 Å². The predicted molar refractivity (Wildman–Crippen MR) is 255 cm³/mol. The van der Waals surface area contributed by atoms with Gasteiger partial charge in [0.1, 0.15) is 22.3 Å². The van der Waals surface area contributed by atoms with Crippen LogP contribution in [-0.2, 0) is 0 Å². The molecule has 0 unspecified atom stereocenters. The molecule has 10 aromatic carbocycles. The molecule has 0 fully saturated rings. The molecule has 286 valence electrons. The maximum atomic E-state index is 6.78. The van der Waals surface area contributed by atoms with Gasteiger partial charge in [0, 0.05) is 55.0 Å². The van der Waals surface area contributed by atoms with Crippen LogP contribution in [0.15, 0.2) is 233 Å². The first kappa shape index (κ1) is 34.9. The van der Waals surface area contributed by atoms with Crippen molar-refractivity contribution < 1.29 is 8.83 Å². The number of nitrogens with zero attached hydrogens (tertiary/aromatic N) is 1. The molecular weight excluding hydrogens is 743 g/mol. The largest absolute Gasteiger partial charge is 0.455 e. The van der Waals surface area contributed by atoms with Crippen molar-refractivity contribution in [3.8, 4) is 44.5 Å². The molecule has 0 amide bonds. The van der Waals surface area contributed by atoms with Gasteiger partial charge in [-0.25, -0.2) is 0 Å². The van der Waals surface area contributed by atoms with Crippen LogP contribution in [-0.4, -0.2) is 0 Å². The number of hydrogen-bond acceptors (Lipinski definition) is 3. The number of rotatable bonds is 7. The Morgan fingerprint density at radius 1 is 0.279 bits per heavy atom. The second-order valence-corrected chi connectivity index (χ2v) is 15.6. The van der Waals surface area contributed by atoms with E-state index in [2.05, 4.69) is 211 Å². The van der Waals surface area contributed by atoms with Crippen LogP contribution in [0.25, 0.3) is 99.2 Å². The van der Waals surface area contributed by atoms with E-state index in [0.717, 1.165) is 105 Å². The third-order valence-corrected chi connectivity index (χ3v) is 12.1. The van der Waals surface area contributed by atoms with Crippen molar-refractivity contribution in [2.24, 2.45) is 0 Å². The van der Waals surface area contributed by atoms with Gasteiger partial charge in [0.25, 0.3) is 0 Å². The third-order valence-electron chi connectivity index (χ3n) is 12.1. The molecule has 0 saturated carbocycles. The maximum Gasteiger partial charge on any atom is 0.143 e. The third kappa shape index (κ3) is 5.90. The molecule has 0 saturated heterocycles. The fraction of sp³-hybridized carbons (Fsp3) is 0. The van der Waals surface area contributed by atoms with Crippen LogP contribution >= 0.6 is 0 Å². The van der Waals surface area contributed by atoms with E-state index >= 15 is 0 Å². The molecule has 0 radical (unpaired) electrons. The highest BCUT2D eigenvalue weighted by atomic mass is 16.3. The molecule has 0 bridgehead atoms. The molecule has 0 aliphatic rings. The quantitative estimate of drug-likeness (QED) is 0.161. The van der Waals surface area contributed by atoms with E-state index in [9.17, 15) is 0 Å². The SMILES string of the molecule is c1ccc(-c2cccc3c2oc2c(-c4cccc(-c5ccc(N(c6ccc(-c7cccc8c7oc7ccccc78)cc6)c6cccc7ccccc67)cc5)c4)cccc23)cc1. The molecular formula is C58H37NO2. The zero-order valence-corrected chi connectivity index (χ0v) is 33.1. The van der Waals surface area contributed by atoms with Crippen LogP contribution in [0.3, 0.4) is 0 Å². The number of anilines is 3. The summed E-state index contributed by atoms with van der Waals surface area (Å²) in [5.74, 6) is 0. The summed E-state index contributed by atoms with van der Waals surface area (Å²) in [5.41, 5.74) is 15.8. The Morgan fingerprint density at radius 2 is 0.738 bits per heavy atom. The first-order valence-electron chi connectivity index (χ1n) is 20.7. The van der Waals surface area contributed by atoms with Crippen LogP contribution in [0.5, 0.6) is 0 Å². The lowest BCUT2D eigenvalue weighted by molar-refractivity contribution is 0.670. The molecule has 61 heavy (non-hydrogen) atoms. The predicted octanol–water partition coefficient (Wildman–Crippen LogP) is 16.8. The highest BCUT2D eigenvalue weighted by Gasteiger charge is 2.19. The minimum absolute atomic E-state index is 0.902. The van der Waals surface area contributed by atoms with E-state index in [1.54, 1.807) is 0 Å². The van der Waals surface area contributed by atoms with Crippen molar-refractivity contribution in [3.63, 3.8) is 0 Å². The van der Waals surface area contributed by atoms with E-state index in [-0.39, 0.29) is 0 Å². The van der Waals surface area contributed by atoms with Gasteiger partial charge in [-0.05, 0) is 75.7 Å². The average Bonchev–Trinajstić information content (AvgIpc) is 3.92. The maximum absolute atomic E-state index is 6.78. The Hall–Kier alpha value is -8.14. The van der Waals surface area contributed by atoms with E-state index < -0.39 is 0 Å². The van der Waals surface area contributed by atoms with Crippen LogP contribution in [0.1, 0.15) is 0 Å². The van der Waals surface area contributed by atoms with Gasteiger partial charge in [-0.2, -0.15) is 0 Å². The molecule has 12 rings (SSSR count). The molecule has 0 N–H and O–H groups in total. The fourth-order valence-electron chi connectivity index (χ4n) is 9.16. The minimum atomic E-state index is 0.902. The molecule has 3 nitrogen and oxygen atoms in total. The van der Waals surface area contributed by atoms with E-state index in [1.165, 1.54) is 10.8 Å². The smallest absolute Gasteiger partial charge is 0.143 e. The van der Waals surface area contributed by atoms with Gasteiger partial charge in [-0.1, -0.05) is 182 Å². The van der Waals surface area contributed by atoms with E-state index in [1.807, 2.05) is 18.2 Å². The van der Waals surface area contributed by atoms with Crippen molar-refractivity contribution in [3.05, 3.63) is 224 Å². The Labute approximate surface area is 353 Å². The number of hydrogen-bond donors (Lipinski definition) is 0. The van der Waals surface area contributed by atoms with Gasteiger partial charge in [-0.3, -0.25) is 0 Å². The van der Waals surface area contributed by atoms with Gasteiger partial charge in [0.2, 0.25) is 0 Å². The highest BCUT2D eigenvalue weighted by molar-refractivity contribution is 6.13. The number of benzene rings is 10. The number of furan rings is 2. The highest BCUT2D eigenvalue weighted by Crippen LogP contribution is 2.43. The summed E-state index contributed by atoms with van der Waals surface area (Å²) in [4.78, 5) is 2.36. The lowest BCUT2D eigenvalue weighted by Crippen LogP contribution is -2.10. The summed E-state index contributed by atoms with van der Waals surface area (Å²) in [5, 5.41) is 6.89.